The summed E-state index contributed by atoms with van der Waals surface area (Å²) in [5.74, 6) is 1.82. The number of nitrogens with one attached hydrogen (secondary N) is 1. The summed E-state index contributed by atoms with van der Waals surface area (Å²) in [6.07, 6.45) is 1.38. The molecule has 1 aliphatic heterocycles. The van der Waals surface area contributed by atoms with Crippen LogP contribution in [0.2, 0.25) is 0 Å². The number of amides is 2. The number of rotatable bonds is 8. The molecule has 1 N–H and O–H groups in total. The molecule has 1 saturated carbocycles. The van der Waals surface area contributed by atoms with Crippen LogP contribution in [0.5, 0.6) is 5.75 Å². The minimum atomic E-state index is 0.107. The third-order valence-corrected chi connectivity index (χ3v) is 5.45. The zero-order valence-electron chi connectivity index (χ0n) is 16.4. The van der Waals surface area contributed by atoms with E-state index < -0.39 is 0 Å². The normalized spacial score (nSPS) is 22.4. The average molecular weight is 373 g/mol. The Hall–Kier alpha value is -2.08. The van der Waals surface area contributed by atoms with Crippen LogP contribution in [0.3, 0.4) is 0 Å². The number of benzene rings is 1. The molecule has 0 spiro atoms. The van der Waals surface area contributed by atoms with Crippen molar-refractivity contribution in [1.82, 2.24) is 15.1 Å². The van der Waals surface area contributed by atoms with Crippen LogP contribution < -0.4 is 10.1 Å². The van der Waals surface area contributed by atoms with E-state index in [0.717, 1.165) is 44.9 Å². The van der Waals surface area contributed by atoms with Gasteiger partial charge in [0.15, 0.2) is 0 Å². The van der Waals surface area contributed by atoms with Crippen molar-refractivity contribution in [1.29, 1.82) is 0 Å². The number of hydrogen-bond acceptors (Lipinski definition) is 4. The van der Waals surface area contributed by atoms with Crippen molar-refractivity contribution in [3.05, 3.63) is 29.8 Å². The second kappa shape index (κ2) is 9.22. The molecule has 2 unspecified atom stereocenters. The number of ether oxygens (including phenoxy) is 1. The molecule has 1 heterocycles. The molecule has 2 fully saturated rings. The van der Waals surface area contributed by atoms with Gasteiger partial charge >= 0.3 is 0 Å². The molecule has 2 atom stereocenters. The van der Waals surface area contributed by atoms with Gasteiger partial charge in [0.05, 0.1) is 6.61 Å². The van der Waals surface area contributed by atoms with Crippen LogP contribution in [0, 0.1) is 11.8 Å². The van der Waals surface area contributed by atoms with Crippen LogP contribution in [0.15, 0.2) is 24.3 Å². The Bertz CT molecular complexity index is 639. The summed E-state index contributed by atoms with van der Waals surface area (Å²) in [5, 5.41) is 2.89. The van der Waals surface area contributed by atoms with Crippen molar-refractivity contribution in [3.63, 3.8) is 0 Å². The summed E-state index contributed by atoms with van der Waals surface area (Å²) in [6.45, 7) is 9.36. The molecule has 1 saturated heterocycles. The topological polar surface area (TPSA) is 61.9 Å². The Morgan fingerprint density at radius 3 is 2.41 bits per heavy atom. The fraction of sp³-hybridized carbons (Fsp3) is 0.619. The van der Waals surface area contributed by atoms with Crippen LogP contribution >= 0.6 is 0 Å². The molecule has 1 aromatic carbocycles. The molecule has 1 aromatic rings. The maximum atomic E-state index is 12.3. The van der Waals surface area contributed by atoms with Gasteiger partial charge in [-0.2, -0.15) is 0 Å². The fourth-order valence-corrected chi connectivity index (χ4v) is 3.54. The van der Waals surface area contributed by atoms with Gasteiger partial charge in [-0.25, -0.2) is 0 Å². The van der Waals surface area contributed by atoms with E-state index in [1.165, 1.54) is 5.56 Å². The van der Waals surface area contributed by atoms with Gasteiger partial charge in [0, 0.05) is 51.6 Å². The van der Waals surface area contributed by atoms with Gasteiger partial charge in [0.25, 0.3) is 0 Å². The molecule has 0 aromatic heterocycles. The van der Waals surface area contributed by atoms with Crippen LogP contribution in [0.4, 0.5) is 0 Å². The summed E-state index contributed by atoms with van der Waals surface area (Å²) in [6, 6.07) is 8.22. The third kappa shape index (κ3) is 5.70. The molecule has 2 aliphatic rings. The lowest BCUT2D eigenvalue weighted by atomic mass is 10.2. The maximum Gasteiger partial charge on any atom is 0.224 e. The van der Waals surface area contributed by atoms with Gasteiger partial charge < -0.3 is 15.0 Å². The predicted octanol–water partition coefficient (Wildman–Crippen LogP) is 1.89. The number of piperazine rings is 1. The summed E-state index contributed by atoms with van der Waals surface area (Å²) < 4.78 is 5.48. The zero-order valence-corrected chi connectivity index (χ0v) is 16.4. The van der Waals surface area contributed by atoms with Crippen molar-refractivity contribution in [2.75, 3.05) is 39.3 Å². The Kier molecular flexibility index (Phi) is 6.72. The molecule has 6 heteroatoms. The van der Waals surface area contributed by atoms with E-state index in [1.807, 2.05) is 24.0 Å². The molecule has 0 radical (unpaired) electrons. The number of nitrogens with zero attached hydrogens (tertiary/aromatic N) is 2. The minimum absolute atomic E-state index is 0.107. The van der Waals surface area contributed by atoms with E-state index in [1.54, 1.807) is 0 Å². The van der Waals surface area contributed by atoms with Crippen molar-refractivity contribution >= 4 is 11.8 Å². The Morgan fingerprint density at radius 2 is 1.81 bits per heavy atom. The van der Waals surface area contributed by atoms with Crippen molar-refractivity contribution < 1.29 is 14.3 Å². The maximum absolute atomic E-state index is 12.3. The molecular formula is C21H31N3O3. The largest absolute Gasteiger partial charge is 0.494 e. The van der Waals surface area contributed by atoms with Gasteiger partial charge in [-0.05, 0) is 37.0 Å². The lowest BCUT2D eigenvalue weighted by Crippen LogP contribution is -2.48. The molecule has 1 aliphatic carbocycles. The highest BCUT2D eigenvalue weighted by molar-refractivity contribution is 5.82. The van der Waals surface area contributed by atoms with Gasteiger partial charge in [-0.3, -0.25) is 14.5 Å². The molecule has 6 nitrogen and oxygen atoms in total. The monoisotopic (exact) mass is 373 g/mol. The second-order valence-corrected chi connectivity index (χ2v) is 7.59. The third-order valence-electron chi connectivity index (χ3n) is 5.45. The van der Waals surface area contributed by atoms with Crippen LogP contribution in [-0.2, 0) is 16.1 Å². The van der Waals surface area contributed by atoms with E-state index >= 15 is 0 Å². The van der Waals surface area contributed by atoms with E-state index in [9.17, 15) is 9.59 Å². The smallest absolute Gasteiger partial charge is 0.224 e. The highest BCUT2D eigenvalue weighted by atomic mass is 16.5. The molecular weight excluding hydrogens is 342 g/mol. The Morgan fingerprint density at radius 1 is 1.15 bits per heavy atom. The SMILES string of the molecule is CCOc1ccc(CN2CCN(C(=O)CCNC(=O)C3CC3C)CC2)cc1. The lowest BCUT2D eigenvalue weighted by molar-refractivity contribution is -0.133. The fourth-order valence-electron chi connectivity index (χ4n) is 3.54. The molecule has 148 valence electrons. The molecule has 2 amide bonds. The van der Waals surface area contributed by atoms with E-state index in [-0.39, 0.29) is 17.7 Å². The summed E-state index contributed by atoms with van der Waals surface area (Å²) >= 11 is 0. The number of hydrogen-bond donors (Lipinski definition) is 1. The molecule has 3 rings (SSSR count). The minimum Gasteiger partial charge on any atom is -0.494 e. The van der Waals surface area contributed by atoms with Crippen molar-refractivity contribution in [2.45, 2.75) is 33.2 Å². The molecule has 27 heavy (non-hydrogen) atoms. The summed E-state index contributed by atoms with van der Waals surface area (Å²) in [4.78, 5) is 28.4. The van der Waals surface area contributed by atoms with Gasteiger partial charge in [-0.1, -0.05) is 19.1 Å². The Balaban J connectivity index is 1.34. The molecule has 0 bridgehead atoms. The van der Waals surface area contributed by atoms with Crippen LogP contribution in [-0.4, -0.2) is 60.9 Å². The van der Waals surface area contributed by atoms with E-state index in [2.05, 4.69) is 29.3 Å². The Labute approximate surface area is 161 Å². The predicted molar refractivity (Wildman–Crippen MR) is 104 cm³/mol. The van der Waals surface area contributed by atoms with Crippen LogP contribution in [0.25, 0.3) is 0 Å². The number of carbonyl (C=O) groups excluding carboxylic acids is 2. The first kappa shape index (κ1) is 19.7. The van der Waals surface area contributed by atoms with Gasteiger partial charge in [0.1, 0.15) is 5.75 Å². The lowest BCUT2D eigenvalue weighted by Gasteiger charge is -2.34. The first-order valence-electron chi connectivity index (χ1n) is 10.1. The van der Waals surface area contributed by atoms with Crippen molar-refractivity contribution in [2.24, 2.45) is 11.8 Å². The highest BCUT2D eigenvalue weighted by Crippen LogP contribution is 2.37. The van der Waals surface area contributed by atoms with Crippen LogP contribution in [0.1, 0.15) is 32.3 Å². The first-order valence-corrected chi connectivity index (χ1v) is 10.1. The number of carbonyl (C=O) groups is 2. The highest BCUT2D eigenvalue weighted by Gasteiger charge is 2.38. The van der Waals surface area contributed by atoms with E-state index in [4.69, 9.17) is 4.74 Å². The summed E-state index contributed by atoms with van der Waals surface area (Å²) in [5.41, 5.74) is 1.26. The van der Waals surface area contributed by atoms with Gasteiger partial charge in [-0.15, -0.1) is 0 Å². The second-order valence-electron chi connectivity index (χ2n) is 7.59. The summed E-state index contributed by atoms with van der Waals surface area (Å²) in [7, 11) is 0. The average Bonchev–Trinajstić information content (AvgIpc) is 3.41. The van der Waals surface area contributed by atoms with Crippen molar-refractivity contribution in [3.8, 4) is 5.75 Å². The standard InChI is InChI=1S/C21H31N3O3/c1-3-27-18-6-4-17(5-7-18)15-23-10-12-24(13-11-23)20(25)8-9-22-21(26)19-14-16(19)2/h4-7,16,19H,3,8-15H2,1-2H3,(H,22,26). The zero-order chi connectivity index (χ0) is 19.2. The van der Waals surface area contributed by atoms with Gasteiger partial charge in [0.2, 0.25) is 11.8 Å². The quantitative estimate of drug-likeness (QED) is 0.756. The first-order chi connectivity index (χ1) is 13.1. The van der Waals surface area contributed by atoms with E-state index in [0.29, 0.717) is 25.5 Å².